The maximum atomic E-state index is 13.3. The molecule has 1 unspecified atom stereocenters. The van der Waals surface area contributed by atoms with Crippen LogP contribution >= 0.6 is 0 Å². The van der Waals surface area contributed by atoms with E-state index in [4.69, 9.17) is 9.47 Å². The first-order valence-corrected chi connectivity index (χ1v) is 10.5. The Morgan fingerprint density at radius 3 is 2.27 bits per heavy atom. The largest absolute Gasteiger partial charge is 0.497 e. The van der Waals surface area contributed by atoms with E-state index in [0.717, 1.165) is 20.7 Å². The minimum absolute atomic E-state index is 0.173. The van der Waals surface area contributed by atoms with Crippen LogP contribution in [0.2, 0.25) is 0 Å². The van der Waals surface area contributed by atoms with Crippen LogP contribution in [0, 0.1) is 5.82 Å². The molecule has 0 bridgehead atoms. The van der Waals surface area contributed by atoms with Crippen LogP contribution in [0.1, 0.15) is 18.5 Å². The molecule has 0 saturated heterocycles. The van der Waals surface area contributed by atoms with Crippen LogP contribution < -0.4 is 19.1 Å². The molecule has 0 radical (unpaired) electrons. The van der Waals surface area contributed by atoms with E-state index in [1.54, 1.807) is 25.1 Å². The van der Waals surface area contributed by atoms with Crippen molar-refractivity contribution in [1.82, 2.24) is 9.62 Å². The van der Waals surface area contributed by atoms with Crippen LogP contribution in [-0.4, -0.2) is 53.5 Å². The molecule has 1 amide bonds. The van der Waals surface area contributed by atoms with Crippen LogP contribution in [-0.2, 0) is 15.0 Å². The Morgan fingerprint density at radius 1 is 1.10 bits per heavy atom. The predicted molar refractivity (Wildman–Crippen MR) is 112 cm³/mol. The van der Waals surface area contributed by atoms with Gasteiger partial charge in [0.25, 0.3) is 0 Å². The van der Waals surface area contributed by atoms with E-state index in [0.29, 0.717) is 17.1 Å². The molecular weight excluding hydrogens is 413 g/mol. The van der Waals surface area contributed by atoms with Gasteiger partial charge >= 0.3 is 10.2 Å². The highest BCUT2D eigenvalue weighted by Crippen LogP contribution is 2.29. The molecule has 0 aliphatic rings. The Labute approximate surface area is 176 Å². The van der Waals surface area contributed by atoms with Gasteiger partial charge in [-0.3, -0.25) is 4.79 Å². The highest BCUT2D eigenvalue weighted by Gasteiger charge is 2.28. The fourth-order valence-electron chi connectivity index (χ4n) is 2.78. The molecule has 0 heterocycles. The topological polar surface area (TPSA) is 88.2 Å². The highest BCUT2D eigenvalue weighted by atomic mass is 32.2. The van der Waals surface area contributed by atoms with E-state index in [-0.39, 0.29) is 5.69 Å². The number of nitrogens with zero attached hydrogens (tertiary/aromatic N) is 2. The van der Waals surface area contributed by atoms with E-state index < -0.39 is 34.5 Å². The normalized spacial score (nSPS) is 12.4. The van der Waals surface area contributed by atoms with Crippen molar-refractivity contribution in [2.75, 3.05) is 39.2 Å². The molecule has 0 aliphatic heterocycles. The van der Waals surface area contributed by atoms with Gasteiger partial charge in [0.15, 0.2) is 0 Å². The van der Waals surface area contributed by atoms with E-state index in [2.05, 4.69) is 5.32 Å². The van der Waals surface area contributed by atoms with Gasteiger partial charge in [-0.05, 0) is 49.4 Å². The molecule has 1 atom stereocenters. The Kier molecular flexibility index (Phi) is 7.63. The molecule has 2 rings (SSSR count). The number of carbonyl (C=O) groups is 1. The summed E-state index contributed by atoms with van der Waals surface area (Å²) in [5.74, 6) is 0.0983. The highest BCUT2D eigenvalue weighted by molar-refractivity contribution is 7.90. The van der Waals surface area contributed by atoms with Crippen LogP contribution in [0.3, 0.4) is 0 Å². The van der Waals surface area contributed by atoms with Crippen molar-refractivity contribution in [3.8, 4) is 11.5 Å². The Morgan fingerprint density at radius 2 is 1.73 bits per heavy atom. The zero-order valence-corrected chi connectivity index (χ0v) is 18.4. The first-order chi connectivity index (χ1) is 14.1. The van der Waals surface area contributed by atoms with Crippen molar-refractivity contribution in [2.45, 2.75) is 13.0 Å². The molecule has 30 heavy (non-hydrogen) atoms. The lowest BCUT2D eigenvalue weighted by Gasteiger charge is -2.27. The minimum Gasteiger partial charge on any atom is -0.497 e. The third kappa shape index (κ3) is 5.39. The standard InChI is InChI=1S/C20H26FN3O5S/c1-14(18-12-17(28-4)10-11-19(18)29-5)22-20(25)13-24(30(26,27)23(2)3)16-8-6-15(21)7-9-16/h6-12,14H,13H2,1-5H3,(H,22,25). The van der Waals surface area contributed by atoms with Gasteiger partial charge in [0.1, 0.15) is 23.9 Å². The molecule has 2 aromatic carbocycles. The molecule has 164 valence electrons. The molecule has 2 aromatic rings. The average molecular weight is 440 g/mol. The van der Waals surface area contributed by atoms with Gasteiger partial charge in [-0.25, -0.2) is 8.70 Å². The Bertz CT molecular complexity index is 980. The number of benzene rings is 2. The minimum atomic E-state index is -3.99. The van der Waals surface area contributed by atoms with Crippen molar-refractivity contribution in [3.05, 3.63) is 53.8 Å². The van der Waals surface area contributed by atoms with Crippen LogP contribution in [0.25, 0.3) is 0 Å². The number of rotatable bonds is 9. The fourth-order valence-corrected chi connectivity index (χ4v) is 3.85. The summed E-state index contributed by atoms with van der Waals surface area (Å²) in [6, 6.07) is 9.58. The number of ether oxygens (including phenoxy) is 2. The maximum Gasteiger partial charge on any atom is 0.304 e. The molecule has 0 spiro atoms. The summed E-state index contributed by atoms with van der Waals surface area (Å²) >= 11 is 0. The number of nitrogens with one attached hydrogen (secondary N) is 1. The Hall–Kier alpha value is -2.85. The maximum absolute atomic E-state index is 13.3. The van der Waals surface area contributed by atoms with Gasteiger partial charge in [0, 0.05) is 19.7 Å². The molecule has 0 saturated carbocycles. The second kappa shape index (κ2) is 9.77. The monoisotopic (exact) mass is 439 g/mol. The second-order valence-electron chi connectivity index (χ2n) is 6.67. The number of hydrogen-bond donors (Lipinski definition) is 1. The predicted octanol–water partition coefficient (Wildman–Crippen LogP) is 2.33. The smallest absolute Gasteiger partial charge is 0.304 e. The number of amides is 1. The van der Waals surface area contributed by atoms with Gasteiger partial charge in [-0.2, -0.15) is 12.7 Å². The number of anilines is 1. The molecule has 0 aromatic heterocycles. The number of methoxy groups -OCH3 is 2. The second-order valence-corrected chi connectivity index (χ2v) is 8.74. The van der Waals surface area contributed by atoms with E-state index in [1.165, 1.54) is 40.4 Å². The van der Waals surface area contributed by atoms with Crippen molar-refractivity contribution < 1.29 is 27.1 Å². The number of carbonyl (C=O) groups excluding carboxylic acids is 1. The van der Waals surface area contributed by atoms with Crippen molar-refractivity contribution in [2.24, 2.45) is 0 Å². The average Bonchev–Trinajstić information content (AvgIpc) is 2.71. The lowest BCUT2D eigenvalue weighted by molar-refractivity contribution is -0.120. The molecular formula is C20H26FN3O5S. The van der Waals surface area contributed by atoms with Gasteiger partial charge in [0.05, 0.1) is 25.9 Å². The number of hydrogen-bond acceptors (Lipinski definition) is 5. The fraction of sp³-hybridized carbons (Fsp3) is 0.350. The third-order valence-electron chi connectivity index (χ3n) is 4.42. The summed E-state index contributed by atoms with van der Waals surface area (Å²) in [5, 5.41) is 2.77. The molecule has 8 nitrogen and oxygen atoms in total. The summed E-state index contributed by atoms with van der Waals surface area (Å²) < 4.78 is 51.2. The molecule has 0 fully saturated rings. The first kappa shape index (κ1) is 23.4. The van der Waals surface area contributed by atoms with Crippen LogP contribution in [0.5, 0.6) is 11.5 Å². The van der Waals surface area contributed by atoms with E-state index in [1.807, 2.05) is 0 Å². The van der Waals surface area contributed by atoms with Crippen LogP contribution in [0.4, 0.5) is 10.1 Å². The van der Waals surface area contributed by atoms with E-state index in [9.17, 15) is 17.6 Å². The van der Waals surface area contributed by atoms with Crippen LogP contribution in [0.15, 0.2) is 42.5 Å². The SMILES string of the molecule is COc1ccc(OC)c(C(C)NC(=O)CN(c2ccc(F)cc2)S(=O)(=O)N(C)C)c1. The summed E-state index contributed by atoms with van der Waals surface area (Å²) in [4.78, 5) is 12.7. The molecule has 1 N–H and O–H groups in total. The zero-order chi connectivity index (χ0) is 22.5. The number of halogens is 1. The summed E-state index contributed by atoms with van der Waals surface area (Å²) in [6.45, 7) is 1.26. The van der Waals surface area contributed by atoms with Gasteiger partial charge < -0.3 is 14.8 Å². The lowest BCUT2D eigenvalue weighted by Crippen LogP contribution is -2.46. The van der Waals surface area contributed by atoms with E-state index >= 15 is 0 Å². The third-order valence-corrected chi connectivity index (χ3v) is 6.24. The first-order valence-electron chi connectivity index (χ1n) is 9.07. The summed E-state index contributed by atoms with van der Waals surface area (Å²) in [7, 11) is 1.77. The van der Waals surface area contributed by atoms with Crippen molar-refractivity contribution in [3.63, 3.8) is 0 Å². The van der Waals surface area contributed by atoms with Gasteiger partial charge in [-0.1, -0.05) is 0 Å². The van der Waals surface area contributed by atoms with Crippen molar-refractivity contribution >= 4 is 21.8 Å². The summed E-state index contributed by atoms with van der Waals surface area (Å²) in [6.07, 6.45) is 0. The lowest BCUT2D eigenvalue weighted by atomic mass is 10.1. The van der Waals surface area contributed by atoms with Gasteiger partial charge in [-0.15, -0.1) is 0 Å². The van der Waals surface area contributed by atoms with Crippen molar-refractivity contribution in [1.29, 1.82) is 0 Å². The Balaban J connectivity index is 2.27. The molecule has 10 heteroatoms. The zero-order valence-electron chi connectivity index (χ0n) is 17.5. The van der Waals surface area contributed by atoms with Gasteiger partial charge in [0.2, 0.25) is 5.91 Å². The quantitative estimate of drug-likeness (QED) is 0.648. The summed E-state index contributed by atoms with van der Waals surface area (Å²) in [5.41, 5.74) is 0.848. The molecule has 0 aliphatic carbocycles.